The van der Waals surface area contributed by atoms with Crippen LogP contribution in [0, 0.1) is 23.2 Å². The van der Waals surface area contributed by atoms with Crippen LogP contribution in [0.4, 0.5) is 0 Å². The Morgan fingerprint density at radius 2 is 1.91 bits per heavy atom. The molecule has 1 aliphatic heterocycles. The third-order valence-electron chi connectivity index (χ3n) is 7.22. The van der Waals surface area contributed by atoms with Gasteiger partial charge in [-0.1, -0.05) is 11.6 Å². The second-order valence-corrected chi connectivity index (χ2v) is 9.44. The van der Waals surface area contributed by atoms with Gasteiger partial charge >= 0.3 is 5.97 Å². The normalized spacial score (nSPS) is 36.6. The standard InChI is InChI=1S/C22H23ClN2O7/c1-21(16-12(23)4-5-13(26)15(16)20(30)32-21)9-6-11-17(25(2)3)18(28)10(8-24)19(29)22(11,31)14(27)7-9/h4-5,9,11,14,17,26-27,29,31H,6-7H2,1-3H3/t9-,11-,14?,17-,21-,22-/m0/s1. The molecule has 9 nitrogen and oxygen atoms in total. The second-order valence-electron chi connectivity index (χ2n) is 9.04. The molecule has 1 aromatic rings. The van der Waals surface area contributed by atoms with E-state index in [0.29, 0.717) is 0 Å². The van der Waals surface area contributed by atoms with E-state index < -0.39 is 58.3 Å². The van der Waals surface area contributed by atoms with Gasteiger partial charge in [-0.05, 0) is 46.0 Å². The molecule has 10 heteroatoms. The number of aliphatic hydroxyl groups is 3. The van der Waals surface area contributed by atoms with Crippen LogP contribution in [0.5, 0.6) is 5.75 Å². The van der Waals surface area contributed by atoms with Crippen LogP contribution in [0.2, 0.25) is 5.02 Å². The molecule has 4 N–H and O–H groups in total. The maximum Gasteiger partial charge on any atom is 0.343 e. The van der Waals surface area contributed by atoms with Gasteiger partial charge in [-0.15, -0.1) is 0 Å². The Balaban J connectivity index is 1.85. The number of fused-ring (bicyclic) bond motifs is 2. The molecule has 1 saturated carbocycles. The van der Waals surface area contributed by atoms with Gasteiger partial charge in [0.25, 0.3) is 0 Å². The molecule has 170 valence electrons. The van der Waals surface area contributed by atoms with Crippen LogP contribution >= 0.6 is 11.6 Å². The summed E-state index contributed by atoms with van der Waals surface area (Å²) in [5.41, 5.74) is -3.97. The third-order valence-corrected chi connectivity index (χ3v) is 7.53. The Morgan fingerprint density at radius 1 is 1.25 bits per heavy atom. The van der Waals surface area contributed by atoms with Gasteiger partial charge in [0.2, 0.25) is 0 Å². The van der Waals surface area contributed by atoms with Gasteiger partial charge in [-0.25, -0.2) is 4.79 Å². The number of phenols is 1. The number of esters is 1. The van der Waals surface area contributed by atoms with Crippen molar-refractivity contribution in [3.8, 4) is 11.8 Å². The quantitative estimate of drug-likeness (QED) is 0.478. The molecule has 0 spiro atoms. The number of aliphatic hydroxyl groups excluding tert-OH is 2. The lowest BCUT2D eigenvalue weighted by Crippen LogP contribution is -2.66. The number of hydrogen-bond acceptors (Lipinski definition) is 9. The first-order chi connectivity index (χ1) is 14.9. The number of Topliss-reactive ketones (excluding diaryl/α,β-unsaturated/α-hetero) is 1. The molecule has 2 aliphatic carbocycles. The fraction of sp³-hybridized carbons (Fsp3) is 0.500. The minimum absolute atomic E-state index is 0.0557. The van der Waals surface area contributed by atoms with Crippen molar-refractivity contribution in [1.29, 1.82) is 5.26 Å². The third kappa shape index (κ3) is 2.74. The molecular formula is C22H23ClN2O7. The van der Waals surface area contributed by atoms with Gasteiger partial charge in [0, 0.05) is 22.4 Å². The Bertz CT molecular complexity index is 1110. The lowest BCUT2D eigenvalue weighted by molar-refractivity contribution is -0.186. The molecule has 0 bridgehead atoms. The van der Waals surface area contributed by atoms with Crippen LogP contribution < -0.4 is 0 Å². The van der Waals surface area contributed by atoms with Gasteiger partial charge in [-0.3, -0.25) is 9.69 Å². The predicted molar refractivity (Wildman–Crippen MR) is 111 cm³/mol. The number of aromatic hydroxyl groups is 1. The first-order valence-corrected chi connectivity index (χ1v) is 10.5. The number of halogens is 1. The summed E-state index contributed by atoms with van der Waals surface area (Å²) in [4.78, 5) is 27.1. The molecule has 32 heavy (non-hydrogen) atoms. The maximum atomic E-state index is 13.0. The average molecular weight is 463 g/mol. The van der Waals surface area contributed by atoms with E-state index in [4.69, 9.17) is 16.3 Å². The van der Waals surface area contributed by atoms with Crippen molar-refractivity contribution in [2.75, 3.05) is 14.1 Å². The van der Waals surface area contributed by atoms with E-state index in [9.17, 15) is 35.3 Å². The number of phenolic OH excluding ortho intramolecular Hbond substituents is 1. The minimum Gasteiger partial charge on any atom is -0.508 e. The molecular weight excluding hydrogens is 440 g/mol. The summed E-state index contributed by atoms with van der Waals surface area (Å²) < 4.78 is 5.67. The number of hydrogen-bond donors (Lipinski definition) is 4. The number of carbonyl (C=O) groups excluding carboxylic acids is 2. The second kappa shape index (κ2) is 7.18. The van der Waals surface area contributed by atoms with Crippen molar-refractivity contribution in [1.82, 2.24) is 4.90 Å². The first kappa shape index (κ1) is 22.6. The van der Waals surface area contributed by atoms with Gasteiger partial charge in [-0.2, -0.15) is 5.26 Å². The van der Waals surface area contributed by atoms with Crippen molar-refractivity contribution < 1.29 is 34.8 Å². The SMILES string of the molecule is CN(C)[C@@H]1C(=O)C(C#N)=C(O)[C@@]2(O)C(O)C[C@@H]([C@]3(C)OC(=O)c4c(O)ccc(Cl)c43)C[C@@H]12. The summed E-state index contributed by atoms with van der Waals surface area (Å²) in [6, 6.07) is 3.35. The van der Waals surface area contributed by atoms with Crippen molar-refractivity contribution in [2.45, 2.75) is 43.1 Å². The van der Waals surface area contributed by atoms with Crippen LogP contribution in [-0.2, 0) is 15.1 Å². The number of rotatable bonds is 2. The van der Waals surface area contributed by atoms with Crippen LogP contribution in [0.1, 0.15) is 35.7 Å². The molecule has 4 rings (SSSR count). The smallest absolute Gasteiger partial charge is 0.343 e. The summed E-state index contributed by atoms with van der Waals surface area (Å²) in [5.74, 6) is -4.20. The van der Waals surface area contributed by atoms with Gasteiger partial charge < -0.3 is 25.2 Å². The molecule has 3 aliphatic rings. The molecule has 1 unspecified atom stereocenters. The highest BCUT2D eigenvalue weighted by Crippen LogP contribution is 2.56. The Labute approximate surface area is 189 Å². The highest BCUT2D eigenvalue weighted by atomic mass is 35.5. The van der Waals surface area contributed by atoms with Crippen LogP contribution in [0.15, 0.2) is 23.5 Å². The summed E-state index contributed by atoms with van der Waals surface area (Å²) in [6.45, 7) is 1.61. The zero-order chi connectivity index (χ0) is 23.7. The van der Waals surface area contributed by atoms with Crippen molar-refractivity contribution in [3.63, 3.8) is 0 Å². The highest BCUT2D eigenvalue weighted by molar-refractivity contribution is 6.32. The molecule has 6 atom stereocenters. The van der Waals surface area contributed by atoms with Gasteiger partial charge in [0.05, 0.1) is 12.1 Å². The number of nitriles is 1. The van der Waals surface area contributed by atoms with E-state index in [1.807, 2.05) is 0 Å². The molecule has 1 fully saturated rings. The van der Waals surface area contributed by atoms with E-state index >= 15 is 0 Å². The lowest BCUT2D eigenvalue weighted by Gasteiger charge is -2.53. The molecule has 0 aromatic heterocycles. The summed E-state index contributed by atoms with van der Waals surface area (Å²) in [5, 5.41) is 52.8. The van der Waals surface area contributed by atoms with E-state index in [0.717, 1.165) is 0 Å². The van der Waals surface area contributed by atoms with E-state index in [2.05, 4.69) is 0 Å². The zero-order valence-electron chi connectivity index (χ0n) is 17.7. The average Bonchev–Trinajstić information content (AvgIpc) is 3.00. The molecule has 0 saturated heterocycles. The van der Waals surface area contributed by atoms with Crippen molar-refractivity contribution >= 4 is 23.4 Å². The number of ether oxygens (including phenoxy) is 1. The van der Waals surface area contributed by atoms with Gasteiger partial charge in [0.15, 0.2) is 11.4 Å². The minimum atomic E-state index is -2.23. The number of nitrogens with zero attached hydrogens (tertiary/aromatic N) is 2. The monoisotopic (exact) mass is 462 g/mol. The Hall–Kier alpha value is -2.64. The van der Waals surface area contributed by atoms with E-state index in [1.54, 1.807) is 27.1 Å². The van der Waals surface area contributed by atoms with E-state index in [-0.39, 0.29) is 34.7 Å². The predicted octanol–water partition coefficient (Wildman–Crippen LogP) is 1.40. The Morgan fingerprint density at radius 3 is 2.50 bits per heavy atom. The Kier molecular flexibility index (Phi) is 5.06. The van der Waals surface area contributed by atoms with Crippen LogP contribution in [0.25, 0.3) is 0 Å². The van der Waals surface area contributed by atoms with Crippen molar-refractivity contribution in [3.05, 3.63) is 39.6 Å². The zero-order valence-corrected chi connectivity index (χ0v) is 18.4. The molecule has 1 aromatic carbocycles. The van der Waals surface area contributed by atoms with Crippen LogP contribution in [0.3, 0.4) is 0 Å². The number of ketones is 1. The maximum absolute atomic E-state index is 13.0. The lowest BCUT2D eigenvalue weighted by atomic mass is 9.57. The van der Waals surface area contributed by atoms with Crippen molar-refractivity contribution in [2.24, 2.45) is 11.8 Å². The number of benzene rings is 1. The fourth-order valence-corrected chi connectivity index (χ4v) is 5.97. The topological polar surface area (TPSA) is 151 Å². The summed E-state index contributed by atoms with van der Waals surface area (Å²) >= 11 is 6.37. The molecule has 0 amide bonds. The first-order valence-electron chi connectivity index (χ1n) is 10.1. The largest absolute Gasteiger partial charge is 0.508 e. The fourth-order valence-electron chi connectivity index (χ4n) is 5.62. The highest BCUT2D eigenvalue weighted by Gasteiger charge is 2.64. The summed E-state index contributed by atoms with van der Waals surface area (Å²) in [7, 11) is 3.19. The molecule has 1 heterocycles. The van der Waals surface area contributed by atoms with Crippen LogP contribution in [-0.4, -0.2) is 68.9 Å². The number of likely N-dealkylation sites (N-methyl/N-ethyl adjacent to an activating group) is 1. The van der Waals surface area contributed by atoms with Gasteiger partial charge in [0.1, 0.15) is 34.3 Å². The number of cyclic esters (lactones) is 1. The van der Waals surface area contributed by atoms with E-state index in [1.165, 1.54) is 17.0 Å². The summed E-state index contributed by atoms with van der Waals surface area (Å²) in [6.07, 6.45) is -1.64. The molecule has 0 radical (unpaired) electrons. The number of carbonyl (C=O) groups is 2.